The van der Waals surface area contributed by atoms with Crippen LogP contribution in [0.5, 0.6) is 5.75 Å². The van der Waals surface area contributed by atoms with Crippen LogP contribution in [0.15, 0.2) is 41.7 Å². The van der Waals surface area contributed by atoms with Crippen LogP contribution < -0.4 is 10.5 Å². The molecule has 1 saturated heterocycles. The molecule has 2 aliphatic heterocycles. The number of rotatable bonds is 7. The van der Waals surface area contributed by atoms with E-state index in [9.17, 15) is 4.79 Å². The van der Waals surface area contributed by atoms with Gasteiger partial charge in [-0.3, -0.25) is 9.48 Å². The van der Waals surface area contributed by atoms with Crippen molar-refractivity contribution in [2.75, 3.05) is 19.6 Å². The Labute approximate surface area is 216 Å². The van der Waals surface area contributed by atoms with Crippen molar-refractivity contribution in [3.05, 3.63) is 58.2 Å². The molecule has 2 fully saturated rings. The summed E-state index contributed by atoms with van der Waals surface area (Å²) in [5.74, 6) is 0.258. The quantitative estimate of drug-likeness (QED) is 0.515. The van der Waals surface area contributed by atoms with Gasteiger partial charge in [0.2, 0.25) is 0 Å². The maximum atomic E-state index is 11.2. The Hall–Kier alpha value is -3.10. The second-order valence-electron chi connectivity index (χ2n) is 9.64. The van der Waals surface area contributed by atoms with Crippen LogP contribution in [0.1, 0.15) is 48.8 Å². The van der Waals surface area contributed by atoms with Gasteiger partial charge in [0.05, 0.1) is 16.6 Å². The summed E-state index contributed by atoms with van der Waals surface area (Å²) in [6.07, 6.45) is 9.75. The molecule has 3 aliphatic rings. The first kappa shape index (κ1) is 24.6. The van der Waals surface area contributed by atoms with Gasteiger partial charge in [-0.05, 0) is 75.9 Å². The largest absolute Gasteiger partial charge is 0.489 e. The van der Waals surface area contributed by atoms with Crippen molar-refractivity contribution in [3.63, 3.8) is 0 Å². The lowest BCUT2D eigenvalue weighted by Gasteiger charge is -2.14. The van der Waals surface area contributed by atoms with Crippen molar-refractivity contribution >= 4 is 34.1 Å². The van der Waals surface area contributed by atoms with Gasteiger partial charge in [-0.15, -0.1) is 0 Å². The molecule has 0 radical (unpaired) electrons. The zero-order chi connectivity index (χ0) is 25.1. The Morgan fingerprint density at radius 3 is 2.75 bits per heavy atom. The summed E-state index contributed by atoms with van der Waals surface area (Å²) in [5.41, 5.74) is 9.11. The molecule has 0 spiro atoms. The van der Waals surface area contributed by atoms with Crippen molar-refractivity contribution in [1.82, 2.24) is 14.7 Å². The van der Waals surface area contributed by atoms with Crippen LogP contribution in [0.25, 0.3) is 10.9 Å². The van der Waals surface area contributed by atoms with E-state index in [1.807, 2.05) is 31.4 Å². The van der Waals surface area contributed by atoms with Gasteiger partial charge in [-0.2, -0.15) is 5.10 Å². The highest BCUT2D eigenvalue weighted by Gasteiger charge is 2.24. The number of carbonyl (C=O) groups excluding carboxylic acids is 1. The number of hydrogen-bond acceptors (Lipinski definition) is 6. The van der Waals surface area contributed by atoms with Crippen molar-refractivity contribution in [2.45, 2.75) is 51.2 Å². The number of ether oxygens (including phenoxy) is 1. The minimum atomic E-state index is -0.596. The molecule has 2 aromatic carbocycles. The van der Waals surface area contributed by atoms with Gasteiger partial charge in [-0.25, -0.2) is 0 Å². The summed E-state index contributed by atoms with van der Waals surface area (Å²) in [4.78, 5) is 18.8. The Balaban J connectivity index is 0.000000149. The molecule has 36 heavy (non-hydrogen) atoms. The van der Waals surface area contributed by atoms with Crippen molar-refractivity contribution in [3.8, 4) is 5.75 Å². The van der Waals surface area contributed by atoms with Crippen molar-refractivity contribution in [2.24, 2.45) is 17.9 Å². The van der Waals surface area contributed by atoms with Gasteiger partial charge in [-0.1, -0.05) is 35.0 Å². The minimum Gasteiger partial charge on any atom is -0.489 e. The molecule has 0 unspecified atom stereocenters. The molecule has 0 bridgehead atoms. The Morgan fingerprint density at radius 2 is 2.03 bits per heavy atom. The second kappa shape index (κ2) is 10.9. The summed E-state index contributed by atoms with van der Waals surface area (Å²) in [7, 11) is 1.85. The predicted octanol–water partition coefficient (Wildman–Crippen LogP) is 4.20. The third-order valence-corrected chi connectivity index (χ3v) is 7.00. The van der Waals surface area contributed by atoms with E-state index in [4.69, 9.17) is 26.9 Å². The van der Waals surface area contributed by atoms with Crippen LogP contribution in [0.3, 0.4) is 0 Å². The van der Waals surface area contributed by atoms with Gasteiger partial charge in [0, 0.05) is 29.8 Å². The number of aromatic nitrogens is 2. The molecule has 1 aromatic heterocycles. The molecular formula is C27H32ClN5O3. The highest BCUT2D eigenvalue weighted by Crippen LogP contribution is 2.32. The molecule has 1 amide bonds. The zero-order valence-electron chi connectivity index (χ0n) is 20.6. The molecule has 6 rings (SSSR count). The standard InChI is InChI=1S/C16H22ClNO.C11H10N4O2/c17-15-12-13(4-3-11-18-9-1-2-10-18)5-8-16(15)19-14-6-7-14;1-15-4-6-2-3-7-8(9(6)13-15)5-17-14-10(7)11(12)16/h5,8,12,14H,1-4,6-7,9-11H2;2-4H,5H2,1H3,(H2,12,16). The number of fused-ring (bicyclic) bond motifs is 3. The molecule has 3 heterocycles. The molecule has 190 valence electrons. The van der Waals surface area contributed by atoms with Crippen LogP contribution in [-0.4, -0.2) is 52.0 Å². The summed E-state index contributed by atoms with van der Waals surface area (Å²) < 4.78 is 7.48. The number of benzene rings is 2. The smallest absolute Gasteiger partial charge is 0.271 e. The van der Waals surface area contributed by atoms with E-state index in [0.29, 0.717) is 18.3 Å². The van der Waals surface area contributed by atoms with Gasteiger partial charge < -0.3 is 20.2 Å². The van der Waals surface area contributed by atoms with E-state index < -0.39 is 5.91 Å². The fourth-order valence-electron chi connectivity index (χ4n) is 4.69. The van der Waals surface area contributed by atoms with Gasteiger partial charge in [0.25, 0.3) is 5.91 Å². The Bertz CT molecular complexity index is 1280. The summed E-state index contributed by atoms with van der Waals surface area (Å²) in [5, 5.41) is 9.81. The summed E-state index contributed by atoms with van der Waals surface area (Å²) in [6, 6.07) is 9.99. The molecule has 8 nitrogen and oxygen atoms in total. The number of hydrogen-bond donors (Lipinski definition) is 1. The van der Waals surface area contributed by atoms with E-state index >= 15 is 0 Å². The van der Waals surface area contributed by atoms with Crippen molar-refractivity contribution < 1.29 is 14.4 Å². The normalized spacial score (nSPS) is 17.1. The van der Waals surface area contributed by atoms with Crippen LogP contribution in [0.2, 0.25) is 5.02 Å². The lowest BCUT2D eigenvalue weighted by atomic mass is 10.00. The number of carbonyl (C=O) groups is 1. The lowest BCUT2D eigenvalue weighted by Crippen LogP contribution is -2.27. The minimum absolute atomic E-state index is 0.152. The molecule has 3 aromatic rings. The average Bonchev–Trinajstić information content (AvgIpc) is 3.36. The van der Waals surface area contributed by atoms with Crippen molar-refractivity contribution in [1.29, 1.82) is 0 Å². The first-order valence-electron chi connectivity index (χ1n) is 12.6. The van der Waals surface area contributed by atoms with Crippen LogP contribution in [-0.2, 0) is 29.7 Å². The topological polar surface area (TPSA) is 95.0 Å². The van der Waals surface area contributed by atoms with Gasteiger partial charge in [0.15, 0.2) is 5.71 Å². The third-order valence-electron chi connectivity index (χ3n) is 6.70. The second-order valence-corrected chi connectivity index (χ2v) is 10.1. The number of primary amides is 1. The van der Waals surface area contributed by atoms with Crippen LogP contribution in [0.4, 0.5) is 0 Å². The van der Waals surface area contributed by atoms with E-state index in [1.165, 1.54) is 57.3 Å². The third kappa shape index (κ3) is 5.82. The van der Waals surface area contributed by atoms with E-state index in [-0.39, 0.29) is 5.71 Å². The maximum absolute atomic E-state index is 11.2. The Kier molecular flexibility index (Phi) is 7.43. The first-order chi connectivity index (χ1) is 17.5. The Morgan fingerprint density at radius 1 is 1.22 bits per heavy atom. The van der Waals surface area contributed by atoms with Crippen LogP contribution in [0, 0.1) is 0 Å². The highest BCUT2D eigenvalue weighted by molar-refractivity contribution is 6.45. The first-order valence-corrected chi connectivity index (χ1v) is 13.0. The van der Waals surface area contributed by atoms with Gasteiger partial charge >= 0.3 is 0 Å². The fourth-order valence-corrected chi connectivity index (χ4v) is 4.94. The molecule has 0 atom stereocenters. The predicted molar refractivity (Wildman–Crippen MR) is 140 cm³/mol. The monoisotopic (exact) mass is 509 g/mol. The number of nitrogens with zero attached hydrogens (tertiary/aromatic N) is 4. The highest BCUT2D eigenvalue weighted by atomic mass is 35.5. The molecule has 9 heteroatoms. The zero-order valence-corrected chi connectivity index (χ0v) is 21.3. The molecular weight excluding hydrogens is 478 g/mol. The number of nitrogens with two attached hydrogens (primary N) is 1. The molecule has 2 N–H and O–H groups in total. The number of aryl methyl sites for hydroxylation is 2. The number of likely N-dealkylation sites (tertiary alicyclic amines) is 1. The molecule has 1 aliphatic carbocycles. The van der Waals surface area contributed by atoms with E-state index in [1.54, 1.807) is 4.68 Å². The fraction of sp³-hybridized carbons (Fsp3) is 0.444. The number of oxime groups is 1. The van der Waals surface area contributed by atoms with E-state index in [2.05, 4.69) is 27.3 Å². The summed E-state index contributed by atoms with van der Waals surface area (Å²) >= 11 is 6.27. The van der Waals surface area contributed by atoms with Crippen LogP contribution >= 0.6 is 11.6 Å². The summed E-state index contributed by atoms with van der Waals surface area (Å²) in [6.45, 7) is 4.10. The van der Waals surface area contributed by atoms with Gasteiger partial charge in [0.1, 0.15) is 12.4 Å². The maximum Gasteiger partial charge on any atom is 0.271 e. The van der Waals surface area contributed by atoms with E-state index in [0.717, 1.165) is 33.7 Å². The lowest BCUT2D eigenvalue weighted by molar-refractivity contribution is -0.112. The SMILES string of the molecule is Clc1cc(CCCN2CCCC2)ccc1OC1CC1.Cn1cc2ccc3c(c2n1)CON=C3C(N)=O. The number of amides is 1. The number of halogens is 1. The average molecular weight is 510 g/mol. The molecule has 1 saturated carbocycles.